The molecule has 3 aromatic rings. The van der Waals surface area contributed by atoms with Gasteiger partial charge in [0.1, 0.15) is 11.6 Å². The van der Waals surface area contributed by atoms with Crippen LogP contribution in [0, 0.1) is 12.8 Å². The molecule has 4 N–H and O–H groups in total. The first-order valence-electron chi connectivity index (χ1n) is 18.0. The first-order valence-corrected chi connectivity index (χ1v) is 18.0. The van der Waals surface area contributed by atoms with Crippen molar-refractivity contribution in [1.82, 2.24) is 15.1 Å². The Balaban J connectivity index is 0.00000406. The Labute approximate surface area is 339 Å². The van der Waals surface area contributed by atoms with Crippen LogP contribution in [0.4, 0.5) is 21.0 Å². The SMILES string of the molecule is COc1ccc([C@H](CC(=O)O)NC(=O)[C@H](CC(C)C)N2C(=O)N(Cc3ccc(NC(=O)Nc4ccccc4C)cc3)C3(CCCCC3)C2=O)cc1OC.[H-].[Na+]. The van der Waals surface area contributed by atoms with Gasteiger partial charge in [-0.05, 0) is 79.1 Å². The van der Waals surface area contributed by atoms with E-state index in [-0.39, 0.29) is 49.9 Å². The number of hydrogen-bond donors (Lipinski definition) is 4. The molecule has 284 valence electrons. The van der Waals surface area contributed by atoms with Gasteiger partial charge in [-0.15, -0.1) is 0 Å². The fourth-order valence-corrected chi connectivity index (χ4v) is 7.27. The van der Waals surface area contributed by atoms with Crippen molar-refractivity contribution in [3.05, 3.63) is 83.4 Å². The number of imide groups is 1. The van der Waals surface area contributed by atoms with Gasteiger partial charge in [0.15, 0.2) is 11.5 Å². The first kappa shape index (κ1) is 42.2. The second-order valence-corrected chi connectivity index (χ2v) is 14.1. The molecule has 54 heavy (non-hydrogen) atoms. The van der Waals surface area contributed by atoms with Gasteiger partial charge < -0.3 is 36.9 Å². The number of carbonyl (C=O) groups is 5. The van der Waals surface area contributed by atoms with Crippen LogP contribution in [0.1, 0.15) is 83.0 Å². The standard InChI is InChI=1S/C40H49N5O8.Na.H/c1-25(2)21-32(36(48)42-31(23-35(46)47)28-15-18-33(52-4)34(22-28)53-5)45-37(49)40(19-9-6-10-20-40)44(39(45)51)24-27-13-16-29(17-14-27)41-38(50)43-30-12-8-7-11-26(30)3;;/h7-8,11-18,22,25,31-32H,6,9-10,19-21,23-24H2,1-5H3,(H,42,48)(H,46,47)(H2,41,43,50);;/q;+1;-1/t31-,32-;;/m0../s1. The van der Waals surface area contributed by atoms with E-state index >= 15 is 0 Å². The van der Waals surface area contributed by atoms with Crippen LogP contribution in [0.5, 0.6) is 11.5 Å². The van der Waals surface area contributed by atoms with E-state index in [9.17, 15) is 29.1 Å². The van der Waals surface area contributed by atoms with Crippen molar-refractivity contribution in [1.29, 1.82) is 0 Å². The molecule has 14 heteroatoms. The zero-order valence-electron chi connectivity index (χ0n) is 32.9. The number of rotatable bonds is 14. The molecule has 0 radical (unpaired) electrons. The minimum Gasteiger partial charge on any atom is -1.00 e. The van der Waals surface area contributed by atoms with Gasteiger partial charge in [-0.3, -0.25) is 14.4 Å². The van der Waals surface area contributed by atoms with Crippen molar-refractivity contribution in [2.24, 2.45) is 5.92 Å². The summed E-state index contributed by atoms with van der Waals surface area (Å²) in [6.07, 6.45) is 3.12. The van der Waals surface area contributed by atoms with Crippen LogP contribution in [0.3, 0.4) is 0 Å². The predicted molar refractivity (Wildman–Crippen MR) is 201 cm³/mol. The van der Waals surface area contributed by atoms with E-state index in [0.29, 0.717) is 41.3 Å². The van der Waals surface area contributed by atoms with E-state index in [4.69, 9.17) is 9.47 Å². The molecule has 1 heterocycles. The molecular formula is C40H50N5NaO8. The molecule has 1 aliphatic carbocycles. The maximum atomic E-state index is 14.6. The summed E-state index contributed by atoms with van der Waals surface area (Å²) in [6.45, 7) is 5.84. The van der Waals surface area contributed by atoms with Crippen molar-refractivity contribution in [3.8, 4) is 11.5 Å². The third kappa shape index (κ3) is 9.55. The molecule has 3 aromatic carbocycles. The maximum absolute atomic E-state index is 14.6. The number of carbonyl (C=O) groups excluding carboxylic acids is 4. The summed E-state index contributed by atoms with van der Waals surface area (Å²) in [7, 11) is 2.94. The molecule has 0 aromatic heterocycles. The van der Waals surface area contributed by atoms with Crippen LogP contribution in [0.2, 0.25) is 0 Å². The molecule has 13 nitrogen and oxygen atoms in total. The van der Waals surface area contributed by atoms with Crippen LogP contribution in [-0.4, -0.2) is 70.6 Å². The Kier molecular flexibility index (Phi) is 14.5. The molecule has 1 saturated heterocycles. The van der Waals surface area contributed by atoms with E-state index in [1.54, 1.807) is 47.4 Å². The number of nitrogens with zero attached hydrogens (tertiary/aromatic N) is 2. The first-order chi connectivity index (χ1) is 25.4. The zero-order chi connectivity index (χ0) is 38.3. The van der Waals surface area contributed by atoms with Crippen LogP contribution in [0.15, 0.2) is 66.7 Å². The van der Waals surface area contributed by atoms with Crippen molar-refractivity contribution >= 4 is 41.2 Å². The number of ether oxygens (including phenoxy) is 2. The second kappa shape index (κ2) is 18.6. The fraction of sp³-hybridized carbons (Fsp3) is 0.425. The van der Waals surface area contributed by atoms with E-state index < -0.39 is 53.9 Å². The number of benzene rings is 3. The number of carboxylic acids is 1. The molecule has 2 fully saturated rings. The van der Waals surface area contributed by atoms with Crippen molar-refractivity contribution < 1.29 is 69.5 Å². The summed E-state index contributed by atoms with van der Waals surface area (Å²) in [5, 5.41) is 18.3. The van der Waals surface area contributed by atoms with E-state index in [1.807, 2.05) is 45.0 Å². The number of methoxy groups -OCH3 is 2. The number of aryl methyl sites for hydroxylation is 1. The van der Waals surface area contributed by atoms with Gasteiger partial charge in [0.25, 0.3) is 5.91 Å². The Hall–Kier alpha value is -4.59. The molecule has 1 spiro atoms. The maximum Gasteiger partial charge on any atom is 1.00 e. The molecule has 1 aliphatic heterocycles. The summed E-state index contributed by atoms with van der Waals surface area (Å²) >= 11 is 0. The Morgan fingerprint density at radius 2 is 1.57 bits per heavy atom. The fourth-order valence-electron chi connectivity index (χ4n) is 7.27. The number of amides is 6. The molecule has 2 aliphatic rings. The number of carboxylic acid groups (broad SMARTS) is 1. The average Bonchev–Trinajstić information content (AvgIpc) is 3.32. The normalized spacial score (nSPS) is 16.0. The van der Waals surface area contributed by atoms with Gasteiger partial charge in [0, 0.05) is 17.9 Å². The van der Waals surface area contributed by atoms with Crippen LogP contribution < -0.4 is 55.0 Å². The van der Waals surface area contributed by atoms with Crippen molar-refractivity contribution in [2.45, 2.75) is 89.9 Å². The quantitative estimate of drug-likeness (QED) is 0.142. The van der Waals surface area contributed by atoms with E-state index in [1.165, 1.54) is 14.2 Å². The summed E-state index contributed by atoms with van der Waals surface area (Å²) in [5.41, 5.74) is 2.29. The number of urea groups is 2. The van der Waals surface area contributed by atoms with Gasteiger partial charge in [-0.2, -0.15) is 0 Å². The van der Waals surface area contributed by atoms with Crippen LogP contribution >= 0.6 is 0 Å². The van der Waals surface area contributed by atoms with Gasteiger partial charge in [-0.25, -0.2) is 14.5 Å². The second-order valence-electron chi connectivity index (χ2n) is 14.1. The Morgan fingerprint density at radius 3 is 2.19 bits per heavy atom. The molecular weight excluding hydrogens is 701 g/mol. The zero-order valence-corrected chi connectivity index (χ0v) is 33.9. The van der Waals surface area contributed by atoms with Crippen molar-refractivity contribution in [3.63, 3.8) is 0 Å². The number of nitrogens with one attached hydrogen (secondary N) is 3. The summed E-state index contributed by atoms with van der Waals surface area (Å²) in [6, 6.07) is 16.3. The summed E-state index contributed by atoms with van der Waals surface area (Å²) in [4.78, 5) is 70.6. The van der Waals surface area contributed by atoms with E-state index in [2.05, 4.69) is 16.0 Å². The van der Waals surface area contributed by atoms with Gasteiger partial charge in [-0.1, -0.05) is 69.5 Å². The number of anilines is 2. The Morgan fingerprint density at radius 1 is 0.907 bits per heavy atom. The number of hydrogen-bond acceptors (Lipinski definition) is 7. The molecule has 2 atom stereocenters. The molecule has 1 saturated carbocycles. The smallest absolute Gasteiger partial charge is 1.00 e. The minimum atomic E-state index is -1.17. The average molecular weight is 752 g/mol. The number of aliphatic carboxylic acids is 1. The summed E-state index contributed by atoms with van der Waals surface area (Å²) < 4.78 is 10.7. The third-order valence-corrected chi connectivity index (χ3v) is 10.0. The monoisotopic (exact) mass is 751 g/mol. The predicted octanol–water partition coefficient (Wildman–Crippen LogP) is 3.99. The molecule has 6 amide bonds. The third-order valence-electron chi connectivity index (χ3n) is 10.0. The Bertz CT molecular complexity index is 1840. The molecule has 0 bridgehead atoms. The minimum absolute atomic E-state index is 0. The van der Waals surface area contributed by atoms with Crippen molar-refractivity contribution in [2.75, 3.05) is 24.9 Å². The molecule has 5 rings (SSSR count). The summed E-state index contributed by atoms with van der Waals surface area (Å²) in [5.74, 6) is -1.44. The van der Waals surface area contributed by atoms with Gasteiger partial charge in [0.2, 0.25) is 5.91 Å². The van der Waals surface area contributed by atoms with Crippen LogP contribution in [0.25, 0.3) is 0 Å². The van der Waals surface area contributed by atoms with Crippen LogP contribution in [-0.2, 0) is 20.9 Å². The topological polar surface area (TPSA) is 167 Å². The van der Waals surface area contributed by atoms with Gasteiger partial charge >= 0.3 is 47.6 Å². The van der Waals surface area contributed by atoms with Gasteiger partial charge in [0.05, 0.1) is 26.7 Å². The molecule has 0 unspecified atom stereocenters. The largest absolute Gasteiger partial charge is 1.00 e. The number of para-hydroxylation sites is 1. The van der Waals surface area contributed by atoms with E-state index in [0.717, 1.165) is 35.3 Å².